The van der Waals surface area contributed by atoms with Crippen LogP contribution in [0.5, 0.6) is 11.5 Å². The van der Waals surface area contributed by atoms with Crippen molar-refractivity contribution in [1.82, 2.24) is 14.8 Å². The lowest BCUT2D eigenvalue weighted by Crippen LogP contribution is -2.65. The van der Waals surface area contributed by atoms with Crippen LogP contribution in [0.25, 0.3) is 10.9 Å². The summed E-state index contributed by atoms with van der Waals surface area (Å²) in [6, 6.07) is 5.68. The van der Waals surface area contributed by atoms with Gasteiger partial charge in [-0.05, 0) is 44.4 Å². The van der Waals surface area contributed by atoms with Gasteiger partial charge in [-0.25, -0.2) is 0 Å². The lowest BCUT2D eigenvalue weighted by molar-refractivity contribution is -0.133. The van der Waals surface area contributed by atoms with Gasteiger partial charge in [0.15, 0.2) is 0 Å². The number of amides is 2. The normalized spacial score (nSPS) is 21.3. The SMILES string of the molecule is COCCCN1C(=O)c2cc3c(OC)ccc(OC)c3n2C[C@@]1(C)C(=O)NC1CCCCCC1. The van der Waals surface area contributed by atoms with Crippen LogP contribution in [-0.4, -0.2) is 67.3 Å². The molecule has 2 heterocycles. The second kappa shape index (κ2) is 10.3. The summed E-state index contributed by atoms with van der Waals surface area (Å²) in [7, 11) is 4.87. The fourth-order valence-electron chi connectivity index (χ4n) is 5.44. The largest absolute Gasteiger partial charge is 0.496 e. The number of nitrogens with zero attached hydrogens (tertiary/aromatic N) is 2. The van der Waals surface area contributed by atoms with Crippen molar-refractivity contribution in [2.45, 2.75) is 70.0 Å². The van der Waals surface area contributed by atoms with E-state index in [1.807, 2.05) is 29.7 Å². The molecule has 34 heavy (non-hydrogen) atoms. The van der Waals surface area contributed by atoms with Gasteiger partial charge in [-0.15, -0.1) is 0 Å². The highest BCUT2D eigenvalue weighted by Gasteiger charge is 2.48. The third-order valence-electron chi connectivity index (χ3n) is 7.36. The Balaban J connectivity index is 1.76. The second-order valence-corrected chi connectivity index (χ2v) is 9.59. The molecule has 186 valence electrons. The van der Waals surface area contributed by atoms with Gasteiger partial charge in [0.2, 0.25) is 5.91 Å². The van der Waals surface area contributed by atoms with Crippen LogP contribution in [0.15, 0.2) is 18.2 Å². The molecule has 2 aromatic rings. The minimum absolute atomic E-state index is 0.0977. The van der Waals surface area contributed by atoms with E-state index in [4.69, 9.17) is 14.2 Å². The summed E-state index contributed by atoms with van der Waals surface area (Å²) >= 11 is 0. The Bertz CT molecular complexity index is 1040. The van der Waals surface area contributed by atoms with Gasteiger partial charge in [-0.1, -0.05) is 25.7 Å². The van der Waals surface area contributed by atoms with Gasteiger partial charge in [-0.3, -0.25) is 9.59 Å². The number of fused-ring (bicyclic) bond motifs is 3. The molecule has 1 atom stereocenters. The molecule has 0 unspecified atom stereocenters. The Morgan fingerprint density at radius 2 is 1.76 bits per heavy atom. The number of hydrogen-bond donors (Lipinski definition) is 1. The Morgan fingerprint density at radius 1 is 1.09 bits per heavy atom. The molecule has 0 bridgehead atoms. The van der Waals surface area contributed by atoms with E-state index in [1.54, 1.807) is 26.2 Å². The summed E-state index contributed by atoms with van der Waals surface area (Å²) in [6.07, 6.45) is 7.31. The van der Waals surface area contributed by atoms with E-state index in [2.05, 4.69) is 5.32 Å². The molecule has 1 aliphatic heterocycles. The first-order valence-electron chi connectivity index (χ1n) is 12.3. The lowest BCUT2D eigenvalue weighted by Gasteiger charge is -2.44. The highest BCUT2D eigenvalue weighted by atomic mass is 16.5. The van der Waals surface area contributed by atoms with E-state index in [0.29, 0.717) is 43.3 Å². The summed E-state index contributed by atoms with van der Waals surface area (Å²) in [5.41, 5.74) is 0.273. The van der Waals surface area contributed by atoms with E-state index in [-0.39, 0.29) is 17.9 Å². The quantitative estimate of drug-likeness (QED) is 0.468. The van der Waals surface area contributed by atoms with Crippen LogP contribution < -0.4 is 14.8 Å². The number of methoxy groups -OCH3 is 3. The van der Waals surface area contributed by atoms with Crippen molar-refractivity contribution in [2.75, 3.05) is 34.5 Å². The molecule has 1 aromatic heterocycles. The maximum atomic E-state index is 13.8. The number of benzene rings is 1. The molecule has 4 rings (SSSR count). The first-order chi connectivity index (χ1) is 16.4. The smallest absolute Gasteiger partial charge is 0.271 e. The Labute approximate surface area is 201 Å². The van der Waals surface area contributed by atoms with Gasteiger partial charge in [0.05, 0.1) is 26.3 Å². The molecule has 1 aliphatic carbocycles. The Hall–Kier alpha value is -2.74. The van der Waals surface area contributed by atoms with Crippen LogP contribution in [0.3, 0.4) is 0 Å². The molecule has 1 saturated carbocycles. The van der Waals surface area contributed by atoms with E-state index >= 15 is 0 Å². The van der Waals surface area contributed by atoms with Gasteiger partial charge in [0.1, 0.15) is 22.7 Å². The topological polar surface area (TPSA) is 82.0 Å². The van der Waals surface area contributed by atoms with E-state index in [1.165, 1.54) is 12.8 Å². The van der Waals surface area contributed by atoms with E-state index in [9.17, 15) is 9.59 Å². The number of carbonyl (C=O) groups excluding carboxylic acids is 2. The molecule has 8 nitrogen and oxygen atoms in total. The van der Waals surface area contributed by atoms with Crippen LogP contribution in [0.1, 0.15) is 62.4 Å². The van der Waals surface area contributed by atoms with Crippen molar-refractivity contribution in [1.29, 1.82) is 0 Å². The predicted octanol–water partition coefficient (Wildman–Crippen LogP) is 3.75. The molecule has 0 spiro atoms. The number of ether oxygens (including phenoxy) is 3. The molecular weight excluding hydrogens is 434 g/mol. The molecule has 1 fully saturated rings. The number of aromatic nitrogens is 1. The molecule has 0 saturated heterocycles. The highest BCUT2D eigenvalue weighted by molar-refractivity contribution is 6.05. The summed E-state index contributed by atoms with van der Waals surface area (Å²) in [5.74, 6) is 1.05. The zero-order chi connectivity index (χ0) is 24.3. The Morgan fingerprint density at radius 3 is 2.41 bits per heavy atom. The zero-order valence-corrected chi connectivity index (χ0v) is 20.8. The van der Waals surface area contributed by atoms with Crippen LogP contribution in [-0.2, 0) is 16.1 Å². The van der Waals surface area contributed by atoms with Crippen molar-refractivity contribution in [3.63, 3.8) is 0 Å². The maximum Gasteiger partial charge on any atom is 0.271 e. The minimum Gasteiger partial charge on any atom is -0.496 e. The fourth-order valence-corrected chi connectivity index (χ4v) is 5.44. The first-order valence-corrected chi connectivity index (χ1v) is 12.3. The molecule has 2 aliphatic rings. The maximum absolute atomic E-state index is 13.8. The fraction of sp³-hybridized carbons (Fsp3) is 0.615. The van der Waals surface area contributed by atoms with E-state index < -0.39 is 5.54 Å². The van der Waals surface area contributed by atoms with Gasteiger partial charge < -0.3 is 29.0 Å². The molecule has 0 radical (unpaired) electrons. The van der Waals surface area contributed by atoms with Crippen molar-refractivity contribution >= 4 is 22.7 Å². The number of hydrogen-bond acceptors (Lipinski definition) is 5. The van der Waals surface area contributed by atoms with Gasteiger partial charge in [0, 0.05) is 31.7 Å². The van der Waals surface area contributed by atoms with Crippen molar-refractivity contribution in [3.8, 4) is 11.5 Å². The second-order valence-electron chi connectivity index (χ2n) is 9.59. The van der Waals surface area contributed by atoms with Crippen LogP contribution in [0, 0.1) is 0 Å². The average molecular weight is 472 g/mol. The van der Waals surface area contributed by atoms with Crippen molar-refractivity contribution < 1.29 is 23.8 Å². The van der Waals surface area contributed by atoms with Crippen molar-refractivity contribution in [2.24, 2.45) is 0 Å². The van der Waals surface area contributed by atoms with Gasteiger partial charge >= 0.3 is 0 Å². The number of carbonyl (C=O) groups is 2. The predicted molar refractivity (Wildman–Crippen MR) is 131 cm³/mol. The van der Waals surface area contributed by atoms with Crippen molar-refractivity contribution in [3.05, 3.63) is 23.9 Å². The summed E-state index contributed by atoms with van der Waals surface area (Å²) in [5, 5.41) is 4.10. The highest BCUT2D eigenvalue weighted by Crippen LogP contribution is 2.40. The van der Waals surface area contributed by atoms with Crippen LogP contribution in [0.4, 0.5) is 0 Å². The van der Waals surface area contributed by atoms with Gasteiger partial charge in [0.25, 0.3) is 5.91 Å². The zero-order valence-electron chi connectivity index (χ0n) is 20.8. The molecule has 1 N–H and O–H groups in total. The minimum atomic E-state index is -1.04. The third-order valence-corrected chi connectivity index (χ3v) is 7.36. The third kappa shape index (κ3) is 4.35. The Kier molecular flexibility index (Phi) is 7.36. The lowest BCUT2D eigenvalue weighted by atomic mass is 9.93. The molecule has 1 aromatic carbocycles. The monoisotopic (exact) mass is 471 g/mol. The number of rotatable bonds is 8. The summed E-state index contributed by atoms with van der Waals surface area (Å²) in [6.45, 7) is 3.18. The summed E-state index contributed by atoms with van der Waals surface area (Å²) < 4.78 is 18.4. The van der Waals surface area contributed by atoms with E-state index in [0.717, 1.165) is 36.6 Å². The first kappa shape index (κ1) is 24.4. The van der Waals surface area contributed by atoms with Gasteiger partial charge in [-0.2, -0.15) is 0 Å². The number of nitrogens with one attached hydrogen (secondary N) is 1. The molecule has 8 heteroatoms. The molecule has 2 amide bonds. The van der Waals surface area contributed by atoms with Crippen LogP contribution in [0.2, 0.25) is 0 Å². The summed E-state index contributed by atoms with van der Waals surface area (Å²) in [4.78, 5) is 29.4. The average Bonchev–Trinajstić information content (AvgIpc) is 3.02. The standard InChI is InChI=1S/C26H37N3O5/c1-26(25(31)27-18-10-7-5-6-8-11-18)17-28-20(24(30)29(26)14-9-15-32-2)16-19-21(33-3)12-13-22(34-4)23(19)28/h12-13,16,18H,5-11,14-15,17H2,1-4H3,(H,27,31)/t26-/m0/s1. The molecular formula is C26H37N3O5. The van der Waals surface area contributed by atoms with Crippen LogP contribution >= 0.6 is 0 Å².